The van der Waals surface area contributed by atoms with Crippen LogP contribution in [0.5, 0.6) is 0 Å². The molecule has 0 N–H and O–H groups in total. The van der Waals surface area contributed by atoms with E-state index in [9.17, 15) is 0 Å². The molecule has 26 heavy (non-hydrogen) atoms. The lowest BCUT2D eigenvalue weighted by Crippen LogP contribution is -2.31. The number of rotatable bonds is 5. The Bertz CT molecular complexity index is 884. The molecule has 0 spiro atoms. The molecule has 1 fully saturated rings. The van der Waals surface area contributed by atoms with Crippen molar-refractivity contribution >= 4 is 22.7 Å². The number of para-hydroxylation sites is 1. The van der Waals surface area contributed by atoms with Crippen LogP contribution in [-0.2, 0) is 0 Å². The summed E-state index contributed by atoms with van der Waals surface area (Å²) in [5, 5.41) is 15.8. The van der Waals surface area contributed by atoms with Gasteiger partial charge in [-0.25, -0.2) is 4.68 Å². The number of hydrogen-bond acceptors (Lipinski definition) is 5. The van der Waals surface area contributed by atoms with Crippen LogP contribution in [0.3, 0.4) is 0 Å². The van der Waals surface area contributed by atoms with Gasteiger partial charge < -0.3 is 4.90 Å². The summed E-state index contributed by atoms with van der Waals surface area (Å²) in [7, 11) is 0. The van der Waals surface area contributed by atoms with Crippen molar-refractivity contribution in [1.29, 1.82) is 0 Å². The third-order valence-electron chi connectivity index (χ3n) is 5.07. The zero-order valence-electron chi connectivity index (χ0n) is 15.5. The topological polar surface area (TPSA) is 46.8 Å². The Balaban J connectivity index is 1.60. The lowest BCUT2D eigenvalue weighted by molar-refractivity contribution is 0.242. The van der Waals surface area contributed by atoms with Crippen molar-refractivity contribution in [2.24, 2.45) is 0 Å². The van der Waals surface area contributed by atoms with Gasteiger partial charge in [-0.3, -0.25) is 0 Å². The molecule has 0 amide bonds. The first-order chi connectivity index (χ1) is 12.7. The Hall–Kier alpha value is -1.92. The number of hydrogen-bond donors (Lipinski definition) is 0. The van der Waals surface area contributed by atoms with Crippen molar-refractivity contribution in [2.75, 3.05) is 25.4 Å². The molecule has 0 atom stereocenters. The van der Waals surface area contributed by atoms with Gasteiger partial charge in [-0.2, -0.15) is 10.2 Å². The number of nitrogens with zero attached hydrogens (tertiary/aromatic N) is 5. The molecule has 2 aromatic heterocycles. The molecule has 0 aliphatic carbocycles. The minimum atomic E-state index is 0.945. The Labute approximate surface area is 158 Å². The second-order valence-corrected chi connectivity index (χ2v) is 7.98. The molecule has 1 aromatic carbocycles. The van der Waals surface area contributed by atoms with Gasteiger partial charge in [0, 0.05) is 17.7 Å². The lowest BCUT2D eigenvalue weighted by Gasteiger charge is -2.25. The quantitative estimate of drug-likeness (QED) is 0.638. The SMILES string of the molecule is Cc1nnc(SCCN2CCCCC2)c2nn(-c3ccccc3)c(C)c12. The fourth-order valence-electron chi connectivity index (χ4n) is 3.68. The number of benzene rings is 1. The summed E-state index contributed by atoms with van der Waals surface area (Å²) in [4.78, 5) is 2.56. The Morgan fingerprint density at radius 3 is 2.54 bits per heavy atom. The van der Waals surface area contributed by atoms with Crippen LogP contribution in [0.4, 0.5) is 0 Å². The Morgan fingerprint density at radius 1 is 1.00 bits per heavy atom. The van der Waals surface area contributed by atoms with Crippen LogP contribution in [0.1, 0.15) is 30.7 Å². The highest BCUT2D eigenvalue weighted by Gasteiger charge is 2.17. The summed E-state index contributed by atoms with van der Waals surface area (Å²) < 4.78 is 2.01. The second kappa shape index (κ2) is 7.76. The standard InChI is InChI=1S/C20H25N5S/c1-15-18-16(2)25(17-9-5-3-6-10-17)23-19(18)20(22-21-15)26-14-13-24-11-7-4-8-12-24/h3,5-6,9-10H,4,7-8,11-14H2,1-2H3. The molecule has 136 valence electrons. The van der Waals surface area contributed by atoms with E-state index in [0.29, 0.717) is 0 Å². The van der Waals surface area contributed by atoms with Crippen molar-refractivity contribution in [3.8, 4) is 5.69 Å². The number of likely N-dealkylation sites (tertiary alicyclic amines) is 1. The van der Waals surface area contributed by atoms with Crippen molar-refractivity contribution in [3.05, 3.63) is 41.7 Å². The normalized spacial score (nSPS) is 15.6. The average molecular weight is 368 g/mol. The summed E-state index contributed by atoms with van der Waals surface area (Å²) in [6.45, 7) is 7.70. The molecule has 4 rings (SSSR count). The van der Waals surface area contributed by atoms with Crippen molar-refractivity contribution in [2.45, 2.75) is 38.1 Å². The first kappa shape index (κ1) is 17.5. The molecule has 5 nitrogen and oxygen atoms in total. The van der Waals surface area contributed by atoms with E-state index in [0.717, 1.165) is 45.3 Å². The summed E-state index contributed by atoms with van der Waals surface area (Å²) in [6.07, 6.45) is 4.05. The number of thioether (sulfide) groups is 1. The Morgan fingerprint density at radius 2 is 1.77 bits per heavy atom. The van der Waals surface area contributed by atoms with E-state index in [2.05, 4.69) is 34.2 Å². The van der Waals surface area contributed by atoms with Crippen LogP contribution in [0, 0.1) is 13.8 Å². The van der Waals surface area contributed by atoms with Gasteiger partial charge in [-0.15, -0.1) is 16.9 Å². The minimum absolute atomic E-state index is 0.945. The maximum Gasteiger partial charge on any atom is 0.147 e. The highest BCUT2D eigenvalue weighted by atomic mass is 32.2. The maximum absolute atomic E-state index is 4.89. The van der Waals surface area contributed by atoms with Gasteiger partial charge in [0.15, 0.2) is 0 Å². The molecule has 1 aliphatic rings. The van der Waals surface area contributed by atoms with Crippen LogP contribution in [0.25, 0.3) is 16.6 Å². The molecule has 1 aliphatic heterocycles. The van der Waals surface area contributed by atoms with Crippen molar-refractivity contribution in [3.63, 3.8) is 0 Å². The van der Waals surface area contributed by atoms with Gasteiger partial charge >= 0.3 is 0 Å². The third kappa shape index (κ3) is 3.48. The van der Waals surface area contributed by atoms with E-state index in [4.69, 9.17) is 5.10 Å². The van der Waals surface area contributed by atoms with Gasteiger partial charge in [-0.05, 0) is 51.9 Å². The second-order valence-electron chi connectivity index (χ2n) is 6.90. The Kier molecular flexibility index (Phi) is 5.22. The first-order valence-corrected chi connectivity index (χ1v) is 10.4. The van der Waals surface area contributed by atoms with Crippen LogP contribution in [0.2, 0.25) is 0 Å². The van der Waals surface area contributed by atoms with E-state index >= 15 is 0 Å². The fraction of sp³-hybridized carbons (Fsp3) is 0.450. The van der Waals surface area contributed by atoms with Crippen LogP contribution >= 0.6 is 11.8 Å². The highest BCUT2D eigenvalue weighted by molar-refractivity contribution is 7.99. The van der Waals surface area contributed by atoms with Crippen molar-refractivity contribution < 1.29 is 0 Å². The molecule has 0 unspecified atom stereocenters. The lowest BCUT2D eigenvalue weighted by atomic mass is 10.1. The van der Waals surface area contributed by atoms with Crippen molar-refractivity contribution in [1.82, 2.24) is 24.9 Å². The smallest absolute Gasteiger partial charge is 0.147 e. The molecule has 1 saturated heterocycles. The molecule has 0 radical (unpaired) electrons. The zero-order chi connectivity index (χ0) is 17.9. The van der Waals surface area contributed by atoms with E-state index in [-0.39, 0.29) is 0 Å². The van der Waals surface area contributed by atoms with E-state index in [1.54, 1.807) is 11.8 Å². The minimum Gasteiger partial charge on any atom is -0.303 e. The van der Waals surface area contributed by atoms with Crippen LogP contribution in [0.15, 0.2) is 35.4 Å². The summed E-state index contributed by atoms with van der Waals surface area (Å²) in [6, 6.07) is 10.3. The molecule has 3 aromatic rings. The predicted molar refractivity (Wildman–Crippen MR) is 107 cm³/mol. The summed E-state index contributed by atoms with van der Waals surface area (Å²) in [5.74, 6) is 1.03. The van der Waals surface area contributed by atoms with Gasteiger partial charge in [0.05, 0.1) is 17.1 Å². The molecular formula is C20H25N5S. The monoisotopic (exact) mass is 367 g/mol. The van der Waals surface area contributed by atoms with Gasteiger partial charge in [0.25, 0.3) is 0 Å². The molecule has 3 heterocycles. The highest BCUT2D eigenvalue weighted by Crippen LogP contribution is 2.29. The first-order valence-electron chi connectivity index (χ1n) is 9.37. The van der Waals surface area contributed by atoms with E-state index in [1.165, 1.54) is 32.4 Å². The molecule has 0 bridgehead atoms. The summed E-state index contributed by atoms with van der Waals surface area (Å²) in [5.41, 5.74) is 4.11. The maximum atomic E-state index is 4.89. The molecule has 6 heteroatoms. The number of piperidine rings is 1. The summed E-state index contributed by atoms with van der Waals surface area (Å²) >= 11 is 1.78. The van der Waals surface area contributed by atoms with Crippen LogP contribution in [-0.4, -0.2) is 50.3 Å². The van der Waals surface area contributed by atoms with Gasteiger partial charge in [0.2, 0.25) is 0 Å². The number of aromatic nitrogens is 4. The number of aryl methyl sites for hydroxylation is 2. The molecule has 0 saturated carbocycles. The van der Waals surface area contributed by atoms with E-state index in [1.807, 2.05) is 29.8 Å². The van der Waals surface area contributed by atoms with Gasteiger partial charge in [0.1, 0.15) is 10.5 Å². The number of fused-ring (bicyclic) bond motifs is 1. The largest absolute Gasteiger partial charge is 0.303 e. The van der Waals surface area contributed by atoms with Crippen LogP contribution < -0.4 is 0 Å². The fourth-order valence-corrected chi connectivity index (χ4v) is 4.60. The molecular weight excluding hydrogens is 342 g/mol. The predicted octanol–water partition coefficient (Wildman–Crippen LogP) is 4.01. The average Bonchev–Trinajstić information content (AvgIpc) is 3.04. The van der Waals surface area contributed by atoms with Gasteiger partial charge in [-0.1, -0.05) is 24.6 Å². The van der Waals surface area contributed by atoms with E-state index < -0.39 is 0 Å². The third-order valence-corrected chi connectivity index (χ3v) is 6.00. The zero-order valence-corrected chi connectivity index (χ0v) is 16.3.